The number of ether oxygens (including phenoxy) is 2. The van der Waals surface area contributed by atoms with Crippen LogP contribution in [0.15, 0.2) is 83.5 Å². The highest BCUT2D eigenvalue weighted by Gasteiger charge is 2.39. The largest absolute Gasteiger partial charge is 0.465 e. The van der Waals surface area contributed by atoms with E-state index in [4.69, 9.17) is 16.3 Å². The lowest BCUT2D eigenvalue weighted by atomic mass is 10.0. The molecule has 2 amide bonds. The van der Waals surface area contributed by atoms with Crippen LogP contribution in [0.2, 0.25) is 0 Å². The number of methoxy groups -OCH3 is 1. The van der Waals surface area contributed by atoms with Gasteiger partial charge in [0.25, 0.3) is 11.8 Å². The minimum atomic E-state index is -0.705. The molecule has 0 radical (unpaired) electrons. The highest BCUT2D eigenvalue weighted by Crippen LogP contribution is 2.30. The van der Waals surface area contributed by atoms with Gasteiger partial charge in [-0.25, -0.2) is 14.5 Å². The van der Waals surface area contributed by atoms with E-state index in [1.165, 1.54) is 43.5 Å². The summed E-state index contributed by atoms with van der Waals surface area (Å²) in [6.07, 6.45) is 0. The summed E-state index contributed by atoms with van der Waals surface area (Å²) in [6, 6.07) is 19.3. The summed E-state index contributed by atoms with van der Waals surface area (Å²) in [7, 11) is 1.26. The molecule has 1 N–H and O–H groups in total. The number of carbonyl (C=O) groups excluding carboxylic acids is 4. The lowest BCUT2D eigenvalue weighted by Crippen LogP contribution is -2.32. The Morgan fingerprint density at radius 1 is 0.865 bits per heavy atom. The SMILES string of the molecule is COC(=O)c1ccc(N2C(=O)C(Cl)=C(Nc3ccc(C(=O)Oc4cccc(C(C)C)c4)cc3)C2=O)cc1. The summed E-state index contributed by atoms with van der Waals surface area (Å²) in [4.78, 5) is 50.8. The molecule has 1 heterocycles. The van der Waals surface area contributed by atoms with Gasteiger partial charge in [0.2, 0.25) is 0 Å². The number of amides is 2. The average molecular weight is 519 g/mol. The van der Waals surface area contributed by atoms with E-state index in [1.807, 2.05) is 18.2 Å². The molecule has 8 nitrogen and oxygen atoms in total. The second-order valence-electron chi connectivity index (χ2n) is 8.49. The topological polar surface area (TPSA) is 102 Å². The molecule has 3 aromatic rings. The standard InChI is InChI=1S/C28H23ClN2O6/c1-16(2)19-5-4-6-22(15-19)37-28(35)18-7-11-20(12-8-18)30-24-23(29)25(32)31(26(24)33)21-13-9-17(10-14-21)27(34)36-3/h4-16,30H,1-3H3. The van der Waals surface area contributed by atoms with E-state index >= 15 is 0 Å². The molecule has 0 aromatic heterocycles. The molecule has 0 fully saturated rings. The second-order valence-corrected chi connectivity index (χ2v) is 8.87. The Morgan fingerprint density at radius 3 is 2.11 bits per heavy atom. The molecule has 0 saturated heterocycles. The van der Waals surface area contributed by atoms with E-state index in [0.29, 0.717) is 22.9 Å². The quantitative estimate of drug-likeness (QED) is 0.259. The summed E-state index contributed by atoms with van der Waals surface area (Å²) in [5.41, 5.74) is 2.22. The van der Waals surface area contributed by atoms with E-state index in [2.05, 4.69) is 23.9 Å². The highest BCUT2D eigenvalue weighted by atomic mass is 35.5. The fraction of sp³-hybridized carbons (Fsp3) is 0.143. The van der Waals surface area contributed by atoms with Gasteiger partial charge < -0.3 is 14.8 Å². The molecule has 0 aliphatic carbocycles. The Kier molecular flexibility index (Phi) is 7.40. The molecule has 0 saturated carbocycles. The monoisotopic (exact) mass is 518 g/mol. The van der Waals surface area contributed by atoms with Crippen molar-refractivity contribution in [3.63, 3.8) is 0 Å². The van der Waals surface area contributed by atoms with Crippen LogP contribution in [-0.2, 0) is 14.3 Å². The molecule has 1 aliphatic heterocycles. The molecule has 0 atom stereocenters. The first-order valence-electron chi connectivity index (χ1n) is 11.4. The number of benzene rings is 3. The van der Waals surface area contributed by atoms with Gasteiger partial charge in [-0.3, -0.25) is 9.59 Å². The minimum Gasteiger partial charge on any atom is -0.465 e. The molecule has 0 bridgehead atoms. The van der Waals surface area contributed by atoms with Crippen molar-refractivity contribution in [2.24, 2.45) is 0 Å². The summed E-state index contributed by atoms with van der Waals surface area (Å²) < 4.78 is 10.1. The third-order valence-corrected chi connectivity index (χ3v) is 6.05. The molecule has 9 heteroatoms. The number of esters is 2. The summed E-state index contributed by atoms with van der Waals surface area (Å²) >= 11 is 6.19. The van der Waals surface area contributed by atoms with Crippen molar-refractivity contribution < 1.29 is 28.7 Å². The van der Waals surface area contributed by atoms with Crippen molar-refractivity contribution in [3.8, 4) is 5.75 Å². The average Bonchev–Trinajstić information content (AvgIpc) is 3.11. The summed E-state index contributed by atoms with van der Waals surface area (Å²) in [5.74, 6) is -1.69. The van der Waals surface area contributed by atoms with E-state index in [-0.39, 0.29) is 22.0 Å². The maximum Gasteiger partial charge on any atom is 0.343 e. The number of hydrogen-bond acceptors (Lipinski definition) is 7. The Labute approximate surface area is 218 Å². The third kappa shape index (κ3) is 5.39. The van der Waals surface area contributed by atoms with Gasteiger partial charge in [-0.15, -0.1) is 0 Å². The van der Waals surface area contributed by atoms with Crippen molar-refractivity contribution in [2.75, 3.05) is 17.3 Å². The van der Waals surface area contributed by atoms with E-state index in [1.54, 1.807) is 18.2 Å². The van der Waals surface area contributed by atoms with Crippen LogP contribution in [0.4, 0.5) is 11.4 Å². The predicted molar refractivity (Wildman–Crippen MR) is 139 cm³/mol. The molecule has 37 heavy (non-hydrogen) atoms. The van der Waals surface area contributed by atoms with Gasteiger partial charge in [0.15, 0.2) is 0 Å². The number of hydrogen-bond donors (Lipinski definition) is 1. The Bertz CT molecular complexity index is 1410. The van der Waals surface area contributed by atoms with Gasteiger partial charge in [-0.1, -0.05) is 37.6 Å². The van der Waals surface area contributed by atoms with Crippen molar-refractivity contribution in [1.29, 1.82) is 0 Å². The number of anilines is 2. The third-order valence-electron chi connectivity index (χ3n) is 5.70. The maximum atomic E-state index is 13.0. The van der Waals surface area contributed by atoms with E-state index in [0.717, 1.165) is 10.5 Å². The molecule has 188 valence electrons. The smallest absolute Gasteiger partial charge is 0.343 e. The van der Waals surface area contributed by atoms with Crippen LogP contribution in [0.5, 0.6) is 5.75 Å². The van der Waals surface area contributed by atoms with Crippen LogP contribution < -0.4 is 15.0 Å². The molecule has 0 spiro atoms. The zero-order valence-electron chi connectivity index (χ0n) is 20.3. The van der Waals surface area contributed by atoms with Crippen molar-refractivity contribution in [3.05, 3.63) is 100 Å². The molecular weight excluding hydrogens is 496 g/mol. The van der Waals surface area contributed by atoms with Gasteiger partial charge in [-0.05, 0) is 72.1 Å². The molecule has 0 unspecified atom stereocenters. The van der Waals surface area contributed by atoms with Crippen molar-refractivity contribution in [2.45, 2.75) is 19.8 Å². The Balaban J connectivity index is 1.45. The number of carbonyl (C=O) groups is 4. The summed E-state index contributed by atoms with van der Waals surface area (Å²) in [5, 5.41) is 2.57. The first kappa shape index (κ1) is 25.7. The van der Waals surface area contributed by atoms with Gasteiger partial charge in [0.05, 0.1) is 23.9 Å². The van der Waals surface area contributed by atoms with Gasteiger partial charge in [-0.2, -0.15) is 0 Å². The normalized spacial score (nSPS) is 13.3. The minimum absolute atomic E-state index is 0.107. The molecule has 4 rings (SSSR count). The van der Waals surface area contributed by atoms with Crippen LogP contribution >= 0.6 is 11.6 Å². The van der Waals surface area contributed by atoms with E-state index in [9.17, 15) is 19.2 Å². The van der Waals surface area contributed by atoms with E-state index < -0.39 is 23.8 Å². The molecular formula is C28H23ClN2O6. The van der Waals surface area contributed by atoms with Gasteiger partial charge >= 0.3 is 11.9 Å². The lowest BCUT2D eigenvalue weighted by molar-refractivity contribution is -0.120. The first-order chi connectivity index (χ1) is 17.7. The van der Waals surface area contributed by atoms with Crippen molar-refractivity contribution >= 4 is 46.7 Å². The fourth-order valence-corrected chi connectivity index (χ4v) is 3.86. The van der Waals surface area contributed by atoms with Crippen LogP contribution in [0.3, 0.4) is 0 Å². The van der Waals surface area contributed by atoms with Crippen LogP contribution in [0.1, 0.15) is 46.0 Å². The Hall–Kier alpha value is -4.43. The van der Waals surface area contributed by atoms with Gasteiger partial charge in [0, 0.05) is 5.69 Å². The number of rotatable bonds is 7. The second kappa shape index (κ2) is 10.7. The zero-order valence-corrected chi connectivity index (χ0v) is 21.0. The van der Waals surface area contributed by atoms with Crippen LogP contribution in [0.25, 0.3) is 0 Å². The zero-order chi connectivity index (χ0) is 26.7. The lowest BCUT2D eigenvalue weighted by Gasteiger charge is -2.15. The molecule has 3 aromatic carbocycles. The number of nitrogens with one attached hydrogen (secondary N) is 1. The summed E-state index contributed by atoms with van der Waals surface area (Å²) in [6.45, 7) is 4.11. The first-order valence-corrected chi connectivity index (χ1v) is 11.7. The maximum absolute atomic E-state index is 13.0. The predicted octanol–water partition coefficient (Wildman–Crippen LogP) is 5.25. The number of imide groups is 1. The van der Waals surface area contributed by atoms with Crippen molar-refractivity contribution in [1.82, 2.24) is 0 Å². The number of halogens is 1. The Morgan fingerprint density at radius 2 is 1.49 bits per heavy atom. The molecule has 1 aliphatic rings. The highest BCUT2D eigenvalue weighted by molar-refractivity contribution is 6.53. The fourth-order valence-electron chi connectivity index (χ4n) is 3.65. The van der Waals surface area contributed by atoms with Crippen LogP contribution in [-0.4, -0.2) is 30.9 Å². The van der Waals surface area contributed by atoms with Gasteiger partial charge in [0.1, 0.15) is 16.5 Å². The number of nitrogens with zero attached hydrogens (tertiary/aromatic N) is 1. The van der Waals surface area contributed by atoms with Crippen LogP contribution in [0, 0.1) is 0 Å².